The number of amides is 1. The highest BCUT2D eigenvalue weighted by atomic mass is 16.8. The minimum Gasteiger partial charge on any atom is -0.508 e. The monoisotopic (exact) mass is 355 g/mol. The molecule has 2 aromatic carbocycles. The quantitative estimate of drug-likeness (QED) is 0.862. The number of nitrogens with zero attached hydrogens (tertiary/aromatic N) is 1. The minimum atomic E-state index is -1.38. The first-order valence-corrected chi connectivity index (χ1v) is 8.19. The molecule has 0 radical (unpaired) electrons. The van der Waals surface area contributed by atoms with E-state index >= 15 is 0 Å². The fourth-order valence-electron chi connectivity index (χ4n) is 3.39. The molecule has 2 aromatic rings. The summed E-state index contributed by atoms with van der Waals surface area (Å²) in [5.41, 5.74) is 1.48. The van der Waals surface area contributed by atoms with Gasteiger partial charge in [-0.1, -0.05) is 30.3 Å². The molecule has 1 amide bonds. The Morgan fingerprint density at radius 2 is 1.81 bits per heavy atom. The van der Waals surface area contributed by atoms with Crippen molar-refractivity contribution >= 4 is 11.9 Å². The van der Waals surface area contributed by atoms with Gasteiger partial charge in [0.1, 0.15) is 5.75 Å². The molecule has 2 aliphatic rings. The van der Waals surface area contributed by atoms with Gasteiger partial charge < -0.3 is 24.6 Å². The molecule has 2 fully saturated rings. The van der Waals surface area contributed by atoms with Gasteiger partial charge in [-0.15, -0.1) is 0 Å². The molecule has 2 heterocycles. The third-order valence-electron chi connectivity index (χ3n) is 4.63. The van der Waals surface area contributed by atoms with Gasteiger partial charge >= 0.3 is 5.97 Å². The van der Waals surface area contributed by atoms with Crippen molar-refractivity contribution in [3.8, 4) is 5.75 Å². The molecule has 0 aromatic heterocycles. The first-order valence-electron chi connectivity index (χ1n) is 8.19. The van der Waals surface area contributed by atoms with Crippen LogP contribution in [0.15, 0.2) is 54.6 Å². The molecule has 26 heavy (non-hydrogen) atoms. The van der Waals surface area contributed by atoms with Gasteiger partial charge in [-0.05, 0) is 29.8 Å². The Kier molecular flexibility index (Phi) is 3.90. The number of ether oxygens (including phenoxy) is 2. The number of rotatable bonds is 4. The summed E-state index contributed by atoms with van der Waals surface area (Å²) in [5, 5.41) is 19.0. The summed E-state index contributed by atoms with van der Waals surface area (Å²) >= 11 is 0. The Labute approximate surface area is 149 Å². The van der Waals surface area contributed by atoms with E-state index in [4.69, 9.17) is 9.47 Å². The molecule has 3 unspecified atom stereocenters. The average molecular weight is 355 g/mol. The van der Waals surface area contributed by atoms with Gasteiger partial charge in [-0.25, -0.2) is 4.79 Å². The lowest BCUT2D eigenvalue weighted by atomic mass is 10.0. The fraction of sp³-hybridized carbons (Fsp3) is 0.263. The summed E-state index contributed by atoms with van der Waals surface area (Å²) in [4.78, 5) is 25.9. The van der Waals surface area contributed by atoms with Crippen molar-refractivity contribution in [1.29, 1.82) is 0 Å². The number of phenolic OH excluding ortho intramolecular Hbond substituents is 1. The molecule has 2 bridgehead atoms. The number of hydrogen-bond acceptors (Lipinski definition) is 5. The molecular weight excluding hydrogens is 338 g/mol. The van der Waals surface area contributed by atoms with Crippen molar-refractivity contribution in [3.05, 3.63) is 65.7 Å². The zero-order valence-electron chi connectivity index (χ0n) is 13.7. The normalized spacial score (nSPS) is 27.5. The zero-order valence-corrected chi connectivity index (χ0v) is 13.7. The Morgan fingerprint density at radius 1 is 1.12 bits per heavy atom. The summed E-state index contributed by atoms with van der Waals surface area (Å²) in [5.74, 6) is -2.95. The van der Waals surface area contributed by atoms with Crippen LogP contribution in [0.3, 0.4) is 0 Å². The van der Waals surface area contributed by atoms with Crippen molar-refractivity contribution in [2.75, 3.05) is 6.54 Å². The van der Waals surface area contributed by atoms with Gasteiger partial charge in [-0.3, -0.25) is 4.79 Å². The molecule has 2 aliphatic heterocycles. The highest BCUT2D eigenvalue weighted by Gasteiger charge is 2.60. The Balaban J connectivity index is 1.70. The van der Waals surface area contributed by atoms with Crippen LogP contribution in [0.25, 0.3) is 0 Å². The molecule has 3 atom stereocenters. The third-order valence-corrected chi connectivity index (χ3v) is 4.63. The van der Waals surface area contributed by atoms with Crippen molar-refractivity contribution in [3.63, 3.8) is 0 Å². The van der Waals surface area contributed by atoms with Crippen LogP contribution in [0.4, 0.5) is 0 Å². The van der Waals surface area contributed by atoms with E-state index in [1.54, 1.807) is 17.0 Å². The number of phenols is 1. The first kappa shape index (κ1) is 16.6. The second kappa shape index (κ2) is 6.12. The minimum absolute atomic E-state index is 0.0613. The van der Waals surface area contributed by atoms with E-state index in [2.05, 4.69) is 0 Å². The van der Waals surface area contributed by atoms with Crippen LogP contribution in [-0.4, -0.2) is 45.7 Å². The topological polar surface area (TPSA) is 96.3 Å². The van der Waals surface area contributed by atoms with Crippen LogP contribution >= 0.6 is 0 Å². The SMILES string of the molecule is O=C(O)C1OC2(c3ccc(O)cc3)CN(Cc3ccccc3)C(=O)C1O2. The predicted octanol–water partition coefficient (Wildman–Crippen LogP) is 1.46. The lowest BCUT2D eigenvalue weighted by Gasteiger charge is -2.38. The van der Waals surface area contributed by atoms with Crippen LogP contribution in [0.5, 0.6) is 5.75 Å². The van der Waals surface area contributed by atoms with Gasteiger partial charge in [0.25, 0.3) is 5.91 Å². The number of benzene rings is 2. The fourth-order valence-corrected chi connectivity index (χ4v) is 3.39. The summed E-state index contributed by atoms with van der Waals surface area (Å²) < 4.78 is 11.5. The molecular formula is C19H17NO6. The third kappa shape index (κ3) is 2.71. The van der Waals surface area contributed by atoms with Crippen molar-refractivity contribution in [2.24, 2.45) is 0 Å². The number of carbonyl (C=O) groups is 2. The van der Waals surface area contributed by atoms with Crippen molar-refractivity contribution < 1.29 is 29.3 Å². The smallest absolute Gasteiger partial charge is 0.336 e. The number of aromatic hydroxyl groups is 1. The number of carboxylic acids is 1. The Morgan fingerprint density at radius 3 is 2.46 bits per heavy atom. The number of carboxylic acid groups (broad SMARTS) is 1. The molecule has 2 saturated heterocycles. The van der Waals surface area contributed by atoms with E-state index in [9.17, 15) is 19.8 Å². The maximum atomic E-state index is 12.7. The number of carbonyl (C=O) groups excluding carboxylic acids is 1. The number of hydrogen-bond donors (Lipinski definition) is 2. The standard InChI is InChI=1S/C19H17NO6/c21-14-8-6-13(7-9-14)19-11-20(10-12-4-2-1-3-5-12)17(22)15(25-19)16(26-19)18(23)24/h1-9,15-16,21H,10-11H2,(H,23,24). The highest BCUT2D eigenvalue weighted by Crippen LogP contribution is 2.43. The van der Waals surface area contributed by atoms with Crippen LogP contribution in [-0.2, 0) is 31.4 Å². The van der Waals surface area contributed by atoms with E-state index < -0.39 is 29.9 Å². The zero-order chi connectivity index (χ0) is 18.3. The summed E-state index contributed by atoms with van der Waals surface area (Å²) in [6.07, 6.45) is -2.59. The van der Waals surface area contributed by atoms with Crippen LogP contribution < -0.4 is 0 Å². The van der Waals surface area contributed by atoms with Gasteiger partial charge in [0.15, 0.2) is 12.2 Å². The van der Waals surface area contributed by atoms with Gasteiger partial charge in [0.05, 0.1) is 6.54 Å². The van der Waals surface area contributed by atoms with E-state index in [0.717, 1.165) is 5.56 Å². The van der Waals surface area contributed by atoms with E-state index in [-0.39, 0.29) is 12.3 Å². The largest absolute Gasteiger partial charge is 0.508 e. The van der Waals surface area contributed by atoms with Gasteiger partial charge in [0, 0.05) is 12.1 Å². The van der Waals surface area contributed by atoms with Crippen LogP contribution in [0.2, 0.25) is 0 Å². The number of morpholine rings is 1. The molecule has 0 aliphatic carbocycles. The first-order chi connectivity index (χ1) is 12.5. The van der Waals surface area contributed by atoms with Crippen molar-refractivity contribution in [2.45, 2.75) is 24.5 Å². The predicted molar refractivity (Wildman–Crippen MR) is 89.0 cm³/mol. The number of fused-ring (bicyclic) bond motifs is 2. The molecule has 2 N–H and O–H groups in total. The van der Waals surface area contributed by atoms with Crippen molar-refractivity contribution in [1.82, 2.24) is 4.90 Å². The van der Waals surface area contributed by atoms with E-state index in [1.165, 1.54) is 12.1 Å². The Bertz CT molecular complexity index is 837. The number of aliphatic carboxylic acids is 1. The molecule has 7 heteroatoms. The van der Waals surface area contributed by atoms with Crippen LogP contribution in [0, 0.1) is 0 Å². The van der Waals surface area contributed by atoms with Crippen LogP contribution in [0.1, 0.15) is 11.1 Å². The van der Waals surface area contributed by atoms with Gasteiger partial charge in [-0.2, -0.15) is 0 Å². The molecule has 0 saturated carbocycles. The molecule has 4 rings (SSSR count). The van der Waals surface area contributed by atoms with E-state index in [1.807, 2.05) is 30.3 Å². The van der Waals surface area contributed by atoms with Gasteiger partial charge in [0.2, 0.25) is 5.79 Å². The van der Waals surface area contributed by atoms with E-state index in [0.29, 0.717) is 12.1 Å². The summed E-state index contributed by atoms with van der Waals surface area (Å²) in [7, 11) is 0. The highest BCUT2D eigenvalue weighted by molar-refractivity contribution is 5.89. The molecule has 134 valence electrons. The second-order valence-corrected chi connectivity index (χ2v) is 6.39. The molecule has 0 spiro atoms. The lowest BCUT2D eigenvalue weighted by Crippen LogP contribution is -2.53. The second-order valence-electron chi connectivity index (χ2n) is 6.39. The Hall–Kier alpha value is -2.90. The summed E-state index contributed by atoms with van der Waals surface area (Å²) in [6, 6.07) is 15.6. The summed E-state index contributed by atoms with van der Waals surface area (Å²) in [6.45, 7) is 0.390. The lowest BCUT2D eigenvalue weighted by molar-refractivity contribution is -0.219. The molecule has 7 nitrogen and oxygen atoms in total. The maximum absolute atomic E-state index is 12.7. The maximum Gasteiger partial charge on any atom is 0.336 e. The average Bonchev–Trinajstić information content (AvgIpc) is 2.98.